The summed E-state index contributed by atoms with van der Waals surface area (Å²) in [5.41, 5.74) is 1.65. The van der Waals surface area contributed by atoms with Crippen LogP contribution in [-0.2, 0) is 6.54 Å². The van der Waals surface area contributed by atoms with E-state index in [0.29, 0.717) is 18.7 Å². The van der Waals surface area contributed by atoms with Gasteiger partial charge in [-0.25, -0.2) is 0 Å². The van der Waals surface area contributed by atoms with E-state index in [-0.39, 0.29) is 5.91 Å². The van der Waals surface area contributed by atoms with Crippen molar-refractivity contribution in [3.63, 3.8) is 0 Å². The summed E-state index contributed by atoms with van der Waals surface area (Å²) in [7, 11) is 0. The predicted molar refractivity (Wildman–Crippen MR) is 77.6 cm³/mol. The van der Waals surface area contributed by atoms with Crippen LogP contribution in [0.5, 0.6) is 5.75 Å². The monoisotopic (exact) mass is 270 g/mol. The van der Waals surface area contributed by atoms with Crippen molar-refractivity contribution in [2.75, 3.05) is 6.61 Å². The molecule has 2 rings (SSSR count). The van der Waals surface area contributed by atoms with E-state index in [9.17, 15) is 4.79 Å². The fourth-order valence-electron chi connectivity index (χ4n) is 1.71. The number of ether oxygens (including phenoxy) is 1. The van der Waals surface area contributed by atoms with E-state index in [4.69, 9.17) is 4.74 Å². The Bertz CT molecular complexity index is 538. The second-order valence-corrected chi connectivity index (χ2v) is 4.41. The molecule has 0 aliphatic carbocycles. The van der Waals surface area contributed by atoms with Gasteiger partial charge < -0.3 is 10.1 Å². The zero-order valence-electron chi connectivity index (χ0n) is 11.5. The molecule has 0 unspecified atom stereocenters. The average Bonchev–Trinajstić information content (AvgIpc) is 2.52. The largest absolute Gasteiger partial charge is 0.494 e. The highest BCUT2D eigenvalue weighted by Crippen LogP contribution is 2.12. The molecule has 0 radical (unpaired) electrons. The van der Waals surface area contributed by atoms with E-state index in [1.54, 1.807) is 24.5 Å². The molecule has 0 saturated heterocycles. The summed E-state index contributed by atoms with van der Waals surface area (Å²) in [6.45, 7) is 3.24. The smallest absolute Gasteiger partial charge is 0.251 e. The van der Waals surface area contributed by atoms with Crippen LogP contribution in [0.4, 0.5) is 0 Å². The molecule has 1 heterocycles. The number of benzene rings is 1. The second-order valence-electron chi connectivity index (χ2n) is 4.41. The molecule has 0 spiro atoms. The molecule has 1 N–H and O–H groups in total. The van der Waals surface area contributed by atoms with Gasteiger partial charge in [0, 0.05) is 24.5 Å². The van der Waals surface area contributed by atoms with Crippen LogP contribution >= 0.6 is 0 Å². The zero-order chi connectivity index (χ0) is 14.2. The summed E-state index contributed by atoms with van der Waals surface area (Å²) >= 11 is 0. The third kappa shape index (κ3) is 4.09. The van der Waals surface area contributed by atoms with E-state index in [2.05, 4.69) is 17.2 Å². The first-order valence-corrected chi connectivity index (χ1v) is 6.69. The predicted octanol–water partition coefficient (Wildman–Crippen LogP) is 2.80. The lowest BCUT2D eigenvalue weighted by Gasteiger charge is -2.07. The molecule has 2 aromatic rings. The van der Waals surface area contributed by atoms with Gasteiger partial charge in [0.2, 0.25) is 0 Å². The molecule has 1 aromatic carbocycles. The number of pyridine rings is 1. The highest BCUT2D eigenvalue weighted by molar-refractivity contribution is 5.94. The number of amides is 1. The van der Waals surface area contributed by atoms with E-state index < -0.39 is 0 Å². The van der Waals surface area contributed by atoms with Gasteiger partial charge >= 0.3 is 0 Å². The van der Waals surface area contributed by atoms with E-state index in [1.165, 1.54) is 0 Å². The summed E-state index contributed by atoms with van der Waals surface area (Å²) in [5, 5.41) is 2.87. The maximum Gasteiger partial charge on any atom is 0.251 e. The van der Waals surface area contributed by atoms with Gasteiger partial charge in [-0.1, -0.05) is 6.92 Å². The molecule has 20 heavy (non-hydrogen) atoms. The Kier molecular flexibility index (Phi) is 5.12. The molecule has 0 saturated carbocycles. The van der Waals surface area contributed by atoms with Gasteiger partial charge in [-0.2, -0.15) is 0 Å². The van der Waals surface area contributed by atoms with Crippen LogP contribution in [-0.4, -0.2) is 17.5 Å². The van der Waals surface area contributed by atoms with Crippen molar-refractivity contribution in [2.24, 2.45) is 0 Å². The topological polar surface area (TPSA) is 51.2 Å². The number of hydrogen-bond donors (Lipinski definition) is 1. The molecule has 0 bridgehead atoms. The summed E-state index contributed by atoms with van der Waals surface area (Å²) < 4.78 is 5.48. The van der Waals surface area contributed by atoms with Gasteiger partial charge in [-0.3, -0.25) is 9.78 Å². The number of nitrogens with one attached hydrogen (secondary N) is 1. The van der Waals surface area contributed by atoms with Crippen molar-refractivity contribution in [2.45, 2.75) is 19.9 Å². The maximum atomic E-state index is 12.0. The Morgan fingerprint density at radius 1 is 1.15 bits per heavy atom. The van der Waals surface area contributed by atoms with E-state index >= 15 is 0 Å². The number of carbonyl (C=O) groups is 1. The molecule has 0 aliphatic heterocycles. The molecule has 0 aliphatic rings. The molecule has 4 nitrogen and oxygen atoms in total. The number of aromatic nitrogens is 1. The van der Waals surface area contributed by atoms with Crippen molar-refractivity contribution in [1.82, 2.24) is 10.3 Å². The molecule has 1 aromatic heterocycles. The fourth-order valence-corrected chi connectivity index (χ4v) is 1.71. The van der Waals surface area contributed by atoms with Gasteiger partial charge in [0.05, 0.1) is 6.61 Å². The van der Waals surface area contributed by atoms with Crippen LogP contribution in [0.3, 0.4) is 0 Å². The summed E-state index contributed by atoms with van der Waals surface area (Å²) in [4.78, 5) is 15.9. The number of hydrogen-bond acceptors (Lipinski definition) is 3. The van der Waals surface area contributed by atoms with Gasteiger partial charge in [0.1, 0.15) is 5.75 Å². The average molecular weight is 270 g/mol. The number of carbonyl (C=O) groups excluding carboxylic acids is 1. The summed E-state index contributed by atoms with van der Waals surface area (Å²) in [6, 6.07) is 10.9. The first-order valence-electron chi connectivity index (χ1n) is 6.69. The molecule has 104 valence electrons. The highest BCUT2D eigenvalue weighted by atomic mass is 16.5. The minimum atomic E-state index is -0.0937. The highest BCUT2D eigenvalue weighted by Gasteiger charge is 2.05. The zero-order valence-corrected chi connectivity index (χ0v) is 11.5. The lowest BCUT2D eigenvalue weighted by Crippen LogP contribution is -2.22. The van der Waals surface area contributed by atoms with Crippen LogP contribution in [0.1, 0.15) is 29.3 Å². The Morgan fingerprint density at radius 2 is 1.85 bits per heavy atom. The molecule has 0 atom stereocenters. The van der Waals surface area contributed by atoms with Crippen molar-refractivity contribution in [1.29, 1.82) is 0 Å². The summed E-state index contributed by atoms with van der Waals surface area (Å²) in [5.74, 6) is 0.696. The third-order valence-electron chi connectivity index (χ3n) is 2.79. The van der Waals surface area contributed by atoms with Crippen molar-refractivity contribution in [3.05, 3.63) is 59.9 Å². The van der Waals surface area contributed by atoms with Crippen molar-refractivity contribution in [3.8, 4) is 5.75 Å². The standard InChI is InChI=1S/C16H18N2O2/c1-2-11-20-15-5-3-14(4-6-15)16(19)18-12-13-7-9-17-10-8-13/h3-10H,2,11-12H2,1H3,(H,18,19). The molecular formula is C16H18N2O2. The summed E-state index contributed by atoms with van der Waals surface area (Å²) in [6.07, 6.45) is 4.39. The molecule has 0 fully saturated rings. The maximum absolute atomic E-state index is 12.0. The van der Waals surface area contributed by atoms with Crippen molar-refractivity contribution >= 4 is 5.91 Å². The fraction of sp³-hybridized carbons (Fsp3) is 0.250. The molecule has 1 amide bonds. The molecular weight excluding hydrogens is 252 g/mol. The Hall–Kier alpha value is -2.36. The van der Waals surface area contributed by atoms with Gasteiger partial charge in [0.25, 0.3) is 5.91 Å². The molecule has 4 heteroatoms. The first kappa shape index (κ1) is 14.1. The SMILES string of the molecule is CCCOc1ccc(C(=O)NCc2ccncc2)cc1. The quantitative estimate of drug-likeness (QED) is 0.878. The Morgan fingerprint density at radius 3 is 2.50 bits per heavy atom. The normalized spacial score (nSPS) is 10.1. The van der Waals surface area contributed by atoms with Gasteiger partial charge in [0.15, 0.2) is 0 Å². The van der Waals surface area contributed by atoms with Crippen molar-refractivity contribution < 1.29 is 9.53 Å². The van der Waals surface area contributed by atoms with Crippen LogP contribution in [0, 0.1) is 0 Å². The van der Waals surface area contributed by atoms with Crippen LogP contribution in [0.2, 0.25) is 0 Å². The second kappa shape index (κ2) is 7.28. The lowest BCUT2D eigenvalue weighted by atomic mass is 10.2. The van der Waals surface area contributed by atoms with Crippen LogP contribution in [0.15, 0.2) is 48.8 Å². The van der Waals surface area contributed by atoms with Gasteiger partial charge in [-0.05, 0) is 48.4 Å². The first-order chi connectivity index (χ1) is 9.79. The minimum Gasteiger partial charge on any atom is -0.494 e. The van der Waals surface area contributed by atoms with E-state index in [1.807, 2.05) is 24.3 Å². The minimum absolute atomic E-state index is 0.0937. The van der Waals surface area contributed by atoms with Gasteiger partial charge in [-0.15, -0.1) is 0 Å². The Labute approximate surface area is 118 Å². The number of rotatable bonds is 6. The third-order valence-corrected chi connectivity index (χ3v) is 2.79. The number of nitrogens with zero attached hydrogens (tertiary/aromatic N) is 1. The Balaban J connectivity index is 1.89. The van der Waals surface area contributed by atoms with Crippen LogP contribution in [0.25, 0.3) is 0 Å². The lowest BCUT2D eigenvalue weighted by molar-refractivity contribution is 0.0951. The van der Waals surface area contributed by atoms with Crippen LogP contribution < -0.4 is 10.1 Å². The van der Waals surface area contributed by atoms with E-state index in [0.717, 1.165) is 17.7 Å².